The fourth-order valence-electron chi connectivity index (χ4n) is 3.55. The molecule has 0 spiro atoms. The molecule has 164 valence electrons. The molecule has 0 aliphatic heterocycles. The molecule has 1 heterocycles. The maximum absolute atomic E-state index is 13.5. The molecule has 0 fully saturated rings. The average Bonchev–Trinajstić information content (AvgIpc) is 2.84. The van der Waals surface area contributed by atoms with E-state index in [-0.39, 0.29) is 5.91 Å². The van der Waals surface area contributed by atoms with E-state index >= 15 is 0 Å². The highest BCUT2D eigenvalue weighted by molar-refractivity contribution is 6.29. The second-order valence-electron chi connectivity index (χ2n) is 7.68. The molecule has 1 aromatic heterocycles. The number of aromatic nitrogens is 2. The molecular weight excluding hydrogens is 408 g/mol. The van der Waals surface area contributed by atoms with Crippen molar-refractivity contribution in [2.24, 2.45) is 0 Å². The summed E-state index contributed by atoms with van der Waals surface area (Å²) in [5, 5.41) is 6.43. The second kappa shape index (κ2) is 10.4. The quantitative estimate of drug-likeness (QED) is 0.266. The summed E-state index contributed by atoms with van der Waals surface area (Å²) in [6.07, 6.45) is 4.24. The van der Waals surface area contributed by atoms with E-state index in [1.54, 1.807) is 0 Å². The van der Waals surface area contributed by atoms with Gasteiger partial charge in [0.1, 0.15) is 12.1 Å². The number of hydrogen-bond donors (Lipinski definition) is 2. The largest absolute Gasteiger partial charge is 0.340 e. The van der Waals surface area contributed by atoms with Gasteiger partial charge in [-0.2, -0.15) is 0 Å². The van der Waals surface area contributed by atoms with Crippen LogP contribution in [-0.2, 0) is 11.2 Å². The topological polar surface area (TPSA) is 66.9 Å². The zero-order chi connectivity index (χ0) is 23.0. The van der Waals surface area contributed by atoms with Gasteiger partial charge >= 0.3 is 0 Å². The maximum atomic E-state index is 13.5. The Hall–Kier alpha value is -4.25. The van der Waals surface area contributed by atoms with Gasteiger partial charge in [-0.25, -0.2) is 9.97 Å². The number of carbonyl (C=O) groups is 1. The summed E-state index contributed by atoms with van der Waals surface area (Å²) in [5.41, 5.74) is 5.99. The Morgan fingerprint density at radius 2 is 1.64 bits per heavy atom. The Labute approximate surface area is 194 Å². The van der Waals surface area contributed by atoms with Crippen LogP contribution in [0.4, 0.5) is 17.2 Å². The number of hydrogen-bond acceptors (Lipinski definition) is 4. The number of anilines is 3. The third-order valence-corrected chi connectivity index (χ3v) is 5.26. The van der Waals surface area contributed by atoms with Gasteiger partial charge in [-0.1, -0.05) is 73.7 Å². The first-order valence-corrected chi connectivity index (χ1v) is 10.9. The van der Waals surface area contributed by atoms with E-state index in [0.29, 0.717) is 11.4 Å². The number of carbonyl (C=O) groups excluding carboxylic acids is 1. The van der Waals surface area contributed by atoms with Crippen molar-refractivity contribution in [3.8, 4) is 0 Å². The summed E-state index contributed by atoms with van der Waals surface area (Å²) < 4.78 is 0. The van der Waals surface area contributed by atoms with Crippen LogP contribution >= 0.6 is 0 Å². The fourth-order valence-corrected chi connectivity index (χ4v) is 3.55. The molecule has 33 heavy (non-hydrogen) atoms. The van der Waals surface area contributed by atoms with Crippen LogP contribution in [0.15, 0.2) is 91.3 Å². The summed E-state index contributed by atoms with van der Waals surface area (Å²) in [4.78, 5) is 21.9. The van der Waals surface area contributed by atoms with Crippen molar-refractivity contribution in [2.75, 3.05) is 10.6 Å². The molecule has 0 saturated heterocycles. The Morgan fingerprint density at radius 3 is 2.33 bits per heavy atom. The monoisotopic (exact) mass is 434 g/mol. The molecule has 1 amide bonds. The Kier molecular flexibility index (Phi) is 6.90. The highest BCUT2D eigenvalue weighted by Gasteiger charge is 2.15. The molecule has 0 aliphatic carbocycles. The van der Waals surface area contributed by atoms with Crippen LogP contribution < -0.4 is 10.6 Å². The molecule has 0 atom stereocenters. The van der Waals surface area contributed by atoms with E-state index in [9.17, 15) is 4.79 Å². The minimum absolute atomic E-state index is 0.158. The van der Waals surface area contributed by atoms with Gasteiger partial charge in [0, 0.05) is 28.7 Å². The molecule has 0 bridgehead atoms. The lowest BCUT2D eigenvalue weighted by molar-refractivity contribution is -0.111. The number of amides is 1. The molecule has 5 nitrogen and oxygen atoms in total. The van der Waals surface area contributed by atoms with Crippen molar-refractivity contribution in [1.82, 2.24) is 9.97 Å². The highest BCUT2D eigenvalue weighted by Crippen LogP contribution is 2.26. The third kappa shape index (κ3) is 5.71. The van der Waals surface area contributed by atoms with Crippen molar-refractivity contribution in [3.05, 3.63) is 114 Å². The SMILES string of the molecule is CCc1ccc(Nc2cc(C)ncn2)cc1NC(=O)/C(=C\c1ccccc1)c1ccccc1. The number of aryl methyl sites for hydroxylation is 2. The Balaban J connectivity index is 1.65. The summed E-state index contributed by atoms with van der Waals surface area (Å²) in [5.74, 6) is 0.549. The summed E-state index contributed by atoms with van der Waals surface area (Å²) in [6.45, 7) is 3.99. The number of nitrogens with one attached hydrogen (secondary N) is 2. The van der Waals surface area contributed by atoms with Crippen LogP contribution in [0.5, 0.6) is 0 Å². The molecule has 3 aromatic carbocycles. The predicted octanol–water partition coefficient (Wildman–Crippen LogP) is 6.27. The number of benzene rings is 3. The van der Waals surface area contributed by atoms with Gasteiger partial charge in [0.05, 0.1) is 0 Å². The molecular formula is C28H26N4O. The van der Waals surface area contributed by atoms with Crippen LogP contribution in [0.1, 0.15) is 29.3 Å². The van der Waals surface area contributed by atoms with Gasteiger partial charge in [0.25, 0.3) is 5.91 Å². The van der Waals surface area contributed by atoms with Crippen LogP contribution in [0.25, 0.3) is 11.6 Å². The zero-order valence-electron chi connectivity index (χ0n) is 18.7. The van der Waals surface area contributed by atoms with Gasteiger partial charge < -0.3 is 10.6 Å². The van der Waals surface area contributed by atoms with E-state index in [1.165, 1.54) is 6.33 Å². The normalized spacial score (nSPS) is 11.2. The molecule has 4 aromatic rings. The first kappa shape index (κ1) is 22.0. The second-order valence-corrected chi connectivity index (χ2v) is 7.68. The van der Waals surface area contributed by atoms with Gasteiger partial charge in [-0.05, 0) is 48.2 Å². The molecule has 0 aliphatic rings. The highest BCUT2D eigenvalue weighted by atomic mass is 16.1. The molecule has 5 heteroatoms. The molecule has 4 rings (SSSR count). The van der Waals surface area contributed by atoms with Crippen molar-refractivity contribution in [3.63, 3.8) is 0 Å². The lowest BCUT2D eigenvalue weighted by atomic mass is 10.0. The van der Waals surface area contributed by atoms with E-state index < -0.39 is 0 Å². The standard InChI is InChI=1S/C28H26N4O/c1-3-22-14-15-24(31-27-16-20(2)29-19-30-27)18-26(22)32-28(33)25(23-12-8-5-9-13-23)17-21-10-6-4-7-11-21/h4-19H,3H2,1-2H3,(H,32,33)(H,29,30,31)/b25-17-. The molecule has 2 N–H and O–H groups in total. The summed E-state index contributed by atoms with van der Waals surface area (Å²) in [7, 11) is 0. The van der Waals surface area contributed by atoms with E-state index in [2.05, 4.69) is 27.5 Å². The van der Waals surface area contributed by atoms with E-state index in [4.69, 9.17) is 0 Å². The molecule has 0 unspecified atom stereocenters. The summed E-state index contributed by atoms with van der Waals surface area (Å²) >= 11 is 0. The van der Waals surface area contributed by atoms with Gasteiger partial charge in [-0.3, -0.25) is 4.79 Å². The molecule has 0 radical (unpaired) electrons. The van der Waals surface area contributed by atoms with Crippen LogP contribution in [0.3, 0.4) is 0 Å². The number of nitrogens with zero attached hydrogens (tertiary/aromatic N) is 2. The first-order chi connectivity index (χ1) is 16.1. The van der Waals surface area contributed by atoms with Crippen molar-refractivity contribution in [1.29, 1.82) is 0 Å². The Bertz CT molecular complexity index is 1270. The lowest BCUT2D eigenvalue weighted by Gasteiger charge is -2.15. The number of rotatable bonds is 7. The third-order valence-electron chi connectivity index (χ3n) is 5.26. The van der Waals surface area contributed by atoms with Gasteiger partial charge in [-0.15, -0.1) is 0 Å². The van der Waals surface area contributed by atoms with Crippen molar-refractivity contribution in [2.45, 2.75) is 20.3 Å². The zero-order valence-corrected chi connectivity index (χ0v) is 18.7. The van der Waals surface area contributed by atoms with Crippen LogP contribution in [0, 0.1) is 6.92 Å². The van der Waals surface area contributed by atoms with Gasteiger partial charge in [0.2, 0.25) is 0 Å². The van der Waals surface area contributed by atoms with Crippen molar-refractivity contribution < 1.29 is 4.79 Å². The predicted molar refractivity (Wildman–Crippen MR) is 135 cm³/mol. The maximum Gasteiger partial charge on any atom is 0.256 e. The van der Waals surface area contributed by atoms with Crippen LogP contribution in [0.2, 0.25) is 0 Å². The van der Waals surface area contributed by atoms with Crippen molar-refractivity contribution >= 4 is 34.7 Å². The van der Waals surface area contributed by atoms with Gasteiger partial charge in [0.15, 0.2) is 0 Å². The smallest absolute Gasteiger partial charge is 0.256 e. The first-order valence-electron chi connectivity index (χ1n) is 10.9. The van der Waals surface area contributed by atoms with Crippen LogP contribution in [-0.4, -0.2) is 15.9 Å². The average molecular weight is 435 g/mol. The van der Waals surface area contributed by atoms with E-state index in [0.717, 1.165) is 40.2 Å². The minimum atomic E-state index is -0.158. The Morgan fingerprint density at radius 1 is 0.909 bits per heavy atom. The van der Waals surface area contributed by atoms with E-state index in [1.807, 2.05) is 97.9 Å². The summed E-state index contributed by atoms with van der Waals surface area (Å²) in [6, 6.07) is 27.4. The fraction of sp³-hybridized carbons (Fsp3) is 0.107. The molecule has 0 saturated carbocycles. The lowest BCUT2D eigenvalue weighted by Crippen LogP contribution is -2.15. The minimum Gasteiger partial charge on any atom is -0.340 e.